The standard InChI is InChI=1S/C10H15N3O3/c1-4-13-8(9(14)12-6(2)3)7(5-11-13)10(15)16/h5-6H,4H2,1-3H3,(H,12,14)(H,15,16). The summed E-state index contributed by atoms with van der Waals surface area (Å²) in [6.45, 7) is 5.87. The molecule has 1 heterocycles. The highest BCUT2D eigenvalue weighted by Crippen LogP contribution is 2.09. The molecule has 0 aromatic carbocycles. The predicted molar refractivity (Wildman–Crippen MR) is 57.5 cm³/mol. The van der Waals surface area contributed by atoms with Gasteiger partial charge in [-0.05, 0) is 20.8 Å². The van der Waals surface area contributed by atoms with Crippen molar-refractivity contribution in [2.45, 2.75) is 33.4 Å². The van der Waals surface area contributed by atoms with E-state index in [0.717, 1.165) is 0 Å². The Balaban J connectivity index is 3.12. The molecule has 0 saturated carbocycles. The number of amides is 1. The van der Waals surface area contributed by atoms with Crippen molar-refractivity contribution in [3.63, 3.8) is 0 Å². The van der Waals surface area contributed by atoms with E-state index in [9.17, 15) is 9.59 Å². The van der Waals surface area contributed by atoms with Crippen molar-refractivity contribution in [1.29, 1.82) is 0 Å². The van der Waals surface area contributed by atoms with Crippen LogP contribution in [-0.2, 0) is 6.54 Å². The van der Waals surface area contributed by atoms with Crippen molar-refractivity contribution >= 4 is 11.9 Å². The SMILES string of the molecule is CCn1ncc(C(=O)O)c1C(=O)NC(C)C. The van der Waals surface area contributed by atoms with Crippen molar-refractivity contribution < 1.29 is 14.7 Å². The first-order valence-corrected chi connectivity index (χ1v) is 5.07. The lowest BCUT2D eigenvalue weighted by atomic mass is 10.2. The van der Waals surface area contributed by atoms with Crippen LogP contribution in [0.15, 0.2) is 6.20 Å². The molecule has 2 N–H and O–H groups in total. The van der Waals surface area contributed by atoms with E-state index in [0.29, 0.717) is 6.54 Å². The Bertz CT molecular complexity index is 409. The van der Waals surface area contributed by atoms with E-state index < -0.39 is 11.9 Å². The van der Waals surface area contributed by atoms with Crippen LogP contribution in [0.3, 0.4) is 0 Å². The number of aromatic nitrogens is 2. The topological polar surface area (TPSA) is 84.2 Å². The highest BCUT2D eigenvalue weighted by Gasteiger charge is 2.22. The Morgan fingerprint density at radius 2 is 2.19 bits per heavy atom. The summed E-state index contributed by atoms with van der Waals surface area (Å²) >= 11 is 0. The van der Waals surface area contributed by atoms with Crippen LogP contribution < -0.4 is 5.32 Å². The zero-order chi connectivity index (χ0) is 12.3. The minimum atomic E-state index is -1.14. The van der Waals surface area contributed by atoms with E-state index in [4.69, 9.17) is 5.11 Å². The zero-order valence-electron chi connectivity index (χ0n) is 9.52. The van der Waals surface area contributed by atoms with E-state index in [1.54, 1.807) is 6.92 Å². The van der Waals surface area contributed by atoms with Gasteiger partial charge in [0.25, 0.3) is 5.91 Å². The van der Waals surface area contributed by atoms with Gasteiger partial charge in [-0.2, -0.15) is 5.10 Å². The fourth-order valence-electron chi connectivity index (χ4n) is 1.35. The molecule has 6 nitrogen and oxygen atoms in total. The normalized spacial score (nSPS) is 10.5. The molecular formula is C10H15N3O3. The van der Waals surface area contributed by atoms with Crippen LogP contribution >= 0.6 is 0 Å². The number of carboxylic acid groups (broad SMARTS) is 1. The van der Waals surface area contributed by atoms with Crippen molar-refractivity contribution in [2.24, 2.45) is 0 Å². The molecule has 0 aliphatic carbocycles. The molecule has 0 fully saturated rings. The number of hydrogen-bond acceptors (Lipinski definition) is 3. The molecular weight excluding hydrogens is 210 g/mol. The number of carbonyl (C=O) groups is 2. The number of aryl methyl sites for hydroxylation is 1. The summed E-state index contributed by atoms with van der Waals surface area (Å²) in [6, 6.07) is -0.0469. The largest absolute Gasteiger partial charge is 0.478 e. The summed E-state index contributed by atoms with van der Waals surface area (Å²) in [5, 5.41) is 15.4. The van der Waals surface area contributed by atoms with Crippen molar-refractivity contribution in [1.82, 2.24) is 15.1 Å². The lowest BCUT2D eigenvalue weighted by molar-refractivity contribution is 0.0690. The molecule has 0 unspecified atom stereocenters. The Hall–Kier alpha value is -1.85. The Labute approximate surface area is 93.3 Å². The van der Waals surface area contributed by atoms with Crippen molar-refractivity contribution in [3.8, 4) is 0 Å². The number of carbonyl (C=O) groups excluding carboxylic acids is 1. The van der Waals surface area contributed by atoms with E-state index >= 15 is 0 Å². The number of nitrogens with one attached hydrogen (secondary N) is 1. The van der Waals surface area contributed by atoms with Crippen LogP contribution in [0.4, 0.5) is 0 Å². The molecule has 0 atom stereocenters. The molecule has 0 aliphatic heterocycles. The van der Waals surface area contributed by atoms with Gasteiger partial charge < -0.3 is 10.4 Å². The average Bonchev–Trinajstić information content (AvgIpc) is 2.59. The van der Waals surface area contributed by atoms with Crippen LogP contribution in [0.1, 0.15) is 41.6 Å². The number of aromatic carboxylic acids is 1. The maximum atomic E-state index is 11.8. The minimum absolute atomic E-state index is 0.0469. The average molecular weight is 225 g/mol. The van der Waals surface area contributed by atoms with Gasteiger partial charge in [0, 0.05) is 12.6 Å². The Morgan fingerprint density at radius 1 is 1.56 bits per heavy atom. The van der Waals surface area contributed by atoms with Gasteiger partial charge in [-0.15, -0.1) is 0 Å². The third-order valence-electron chi connectivity index (χ3n) is 2.00. The molecule has 6 heteroatoms. The molecule has 1 rings (SSSR count). The fraction of sp³-hybridized carbons (Fsp3) is 0.500. The second-order valence-electron chi connectivity index (χ2n) is 3.66. The van der Waals surface area contributed by atoms with Gasteiger partial charge in [0.15, 0.2) is 0 Å². The first-order chi connectivity index (χ1) is 7.47. The van der Waals surface area contributed by atoms with E-state index in [2.05, 4.69) is 10.4 Å². The fourth-order valence-corrected chi connectivity index (χ4v) is 1.35. The first-order valence-electron chi connectivity index (χ1n) is 5.07. The van der Waals surface area contributed by atoms with Gasteiger partial charge in [0.2, 0.25) is 0 Å². The number of carboxylic acids is 1. The highest BCUT2D eigenvalue weighted by molar-refractivity contribution is 6.03. The summed E-state index contributed by atoms with van der Waals surface area (Å²) in [6.07, 6.45) is 1.20. The Morgan fingerprint density at radius 3 is 2.62 bits per heavy atom. The number of nitrogens with zero attached hydrogens (tertiary/aromatic N) is 2. The molecule has 88 valence electrons. The summed E-state index contributed by atoms with van der Waals surface area (Å²) in [4.78, 5) is 22.7. The minimum Gasteiger partial charge on any atom is -0.478 e. The zero-order valence-corrected chi connectivity index (χ0v) is 9.52. The monoisotopic (exact) mass is 225 g/mol. The third kappa shape index (κ3) is 2.39. The van der Waals surface area contributed by atoms with Gasteiger partial charge >= 0.3 is 5.97 Å². The maximum absolute atomic E-state index is 11.8. The van der Waals surface area contributed by atoms with Crippen LogP contribution in [0.2, 0.25) is 0 Å². The lowest BCUT2D eigenvalue weighted by Gasteiger charge is -2.10. The molecule has 0 bridgehead atoms. The quantitative estimate of drug-likeness (QED) is 0.791. The van der Waals surface area contributed by atoms with E-state index in [1.165, 1.54) is 10.9 Å². The maximum Gasteiger partial charge on any atom is 0.339 e. The second-order valence-corrected chi connectivity index (χ2v) is 3.66. The molecule has 1 aromatic heterocycles. The van der Waals surface area contributed by atoms with Crippen molar-refractivity contribution in [3.05, 3.63) is 17.5 Å². The molecule has 0 aliphatic rings. The predicted octanol–water partition coefficient (Wildman–Crippen LogP) is 0.739. The number of hydrogen-bond donors (Lipinski definition) is 2. The highest BCUT2D eigenvalue weighted by atomic mass is 16.4. The molecule has 0 radical (unpaired) electrons. The van der Waals surface area contributed by atoms with Gasteiger partial charge in [0.05, 0.1) is 6.20 Å². The summed E-state index contributed by atoms with van der Waals surface area (Å²) < 4.78 is 1.38. The summed E-state index contributed by atoms with van der Waals surface area (Å²) in [7, 11) is 0. The third-order valence-corrected chi connectivity index (χ3v) is 2.00. The molecule has 1 amide bonds. The molecule has 1 aromatic rings. The first kappa shape index (κ1) is 12.2. The van der Waals surface area contributed by atoms with Crippen molar-refractivity contribution in [2.75, 3.05) is 0 Å². The summed E-state index contributed by atoms with van der Waals surface area (Å²) in [5.41, 5.74) is 0.0312. The molecule has 0 saturated heterocycles. The second kappa shape index (κ2) is 4.78. The molecule has 0 spiro atoms. The van der Waals surface area contributed by atoms with Gasteiger partial charge in [-0.1, -0.05) is 0 Å². The number of rotatable bonds is 4. The van der Waals surface area contributed by atoms with E-state index in [1.807, 2.05) is 13.8 Å². The van der Waals surface area contributed by atoms with Gasteiger partial charge in [0.1, 0.15) is 11.3 Å². The summed E-state index contributed by atoms with van der Waals surface area (Å²) in [5.74, 6) is -1.56. The van der Waals surface area contributed by atoms with Gasteiger partial charge in [-0.3, -0.25) is 9.48 Å². The Kier molecular flexibility index (Phi) is 3.65. The van der Waals surface area contributed by atoms with Crippen LogP contribution in [0.5, 0.6) is 0 Å². The lowest BCUT2D eigenvalue weighted by Crippen LogP contribution is -2.33. The smallest absolute Gasteiger partial charge is 0.339 e. The molecule has 16 heavy (non-hydrogen) atoms. The van der Waals surface area contributed by atoms with E-state index in [-0.39, 0.29) is 17.3 Å². The van der Waals surface area contributed by atoms with Crippen LogP contribution in [0.25, 0.3) is 0 Å². The van der Waals surface area contributed by atoms with Crippen LogP contribution in [0, 0.1) is 0 Å². The van der Waals surface area contributed by atoms with Gasteiger partial charge in [-0.25, -0.2) is 4.79 Å². The van der Waals surface area contributed by atoms with Crippen LogP contribution in [-0.4, -0.2) is 32.8 Å².